The first-order valence-electron chi connectivity index (χ1n) is 6.47. The average Bonchev–Trinajstić information content (AvgIpc) is 2.38. The summed E-state index contributed by atoms with van der Waals surface area (Å²) in [6.07, 6.45) is 0.00641. The Balaban J connectivity index is 2.25. The number of aliphatic hydroxyl groups excluding tert-OH is 1. The average molecular weight is 250 g/mol. The topological polar surface area (TPSA) is 58.7 Å². The number of aliphatic hydroxyl groups is 1. The van der Waals surface area contributed by atoms with Gasteiger partial charge in [0.15, 0.2) is 0 Å². The molecule has 1 saturated heterocycles. The van der Waals surface area contributed by atoms with Crippen LogP contribution in [0.15, 0.2) is 24.3 Å². The van der Waals surface area contributed by atoms with Gasteiger partial charge in [0.2, 0.25) is 0 Å². The molecule has 0 radical (unpaired) electrons. The first-order chi connectivity index (χ1) is 8.61. The molecular weight excluding hydrogens is 228 g/mol. The summed E-state index contributed by atoms with van der Waals surface area (Å²) in [5.74, 6) is 0. The largest absolute Gasteiger partial charge is 0.394 e. The Bertz CT molecular complexity index is 395. The predicted octanol–water partition coefficient (Wildman–Crippen LogP) is 1.29. The maximum Gasteiger partial charge on any atom is 0.0984 e. The van der Waals surface area contributed by atoms with E-state index in [9.17, 15) is 5.11 Å². The van der Waals surface area contributed by atoms with Crippen LogP contribution < -0.4 is 10.6 Å². The minimum atomic E-state index is -0.116. The number of nitrogens with zero attached hydrogens (tertiary/aromatic N) is 1. The van der Waals surface area contributed by atoms with E-state index in [1.54, 1.807) is 0 Å². The van der Waals surface area contributed by atoms with Crippen LogP contribution in [0, 0.1) is 0 Å². The van der Waals surface area contributed by atoms with E-state index >= 15 is 0 Å². The molecule has 100 valence electrons. The van der Waals surface area contributed by atoms with Crippen molar-refractivity contribution in [2.75, 3.05) is 24.6 Å². The third-order valence-electron chi connectivity index (χ3n) is 3.30. The van der Waals surface area contributed by atoms with Gasteiger partial charge in [-0.05, 0) is 25.5 Å². The lowest BCUT2D eigenvalue weighted by Crippen LogP contribution is -2.48. The molecule has 1 heterocycles. The summed E-state index contributed by atoms with van der Waals surface area (Å²) in [6, 6.07) is 8.19. The summed E-state index contributed by atoms with van der Waals surface area (Å²) in [4.78, 5) is 2.26. The van der Waals surface area contributed by atoms with Crippen LogP contribution in [0.3, 0.4) is 0 Å². The van der Waals surface area contributed by atoms with E-state index in [1.165, 1.54) is 0 Å². The molecule has 0 aromatic heterocycles. The van der Waals surface area contributed by atoms with Gasteiger partial charge in [-0.25, -0.2) is 0 Å². The molecule has 4 nitrogen and oxygen atoms in total. The molecule has 4 heteroatoms. The monoisotopic (exact) mass is 250 g/mol. The Morgan fingerprint density at radius 1 is 1.44 bits per heavy atom. The Hall–Kier alpha value is -1.10. The van der Waals surface area contributed by atoms with Gasteiger partial charge in [-0.2, -0.15) is 0 Å². The molecule has 0 spiro atoms. The second-order valence-corrected chi connectivity index (χ2v) is 5.00. The smallest absolute Gasteiger partial charge is 0.0984 e. The van der Waals surface area contributed by atoms with Crippen LogP contribution in [-0.2, 0) is 4.74 Å². The molecule has 1 aromatic rings. The van der Waals surface area contributed by atoms with Crippen molar-refractivity contribution in [3.05, 3.63) is 29.8 Å². The van der Waals surface area contributed by atoms with E-state index in [2.05, 4.69) is 17.0 Å². The second-order valence-electron chi connectivity index (χ2n) is 5.00. The number of rotatable bonds is 3. The van der Waals surface area contributed by atoms with Crippen LogP contribution in [0.1, 0.15) is 25.5 Å². The highest BCUT2D eigenvalue weighted by Crippen LogP contribution is 2.27. The first kappa shape index (κ1) is 13.3. The molecule has 3 N–H and O–H groups in total. The van der Waals surface area contributed by atoms with Crippen molar-refractivity contribution in [1.29, 1.82) is 0 Å². The maximum absolute atomic E-state index is 9.28. The molecule has 1 aliphatic rings. The Labute approximate surface area is 108 Å². The number of morpholine rings is 1. The van der Waals surface area contributed by atoms with Gasteiger partial charge in [-0.1, -0.05) is 18.2 Å². The molecule has 1 aromatic carbocycles. The fourth-order valence-electron chi connectivity index (χ4n) is 2.50. The zero-order valence-corrected chi connectivity index (χ0v) is 11.0. The van der Waals surface area contributed by atoms with E-state index in [0.717, 1.165) is 17.8 Å². The summed E-state index contributed by atoms with van der Waals surface area (Å²) in [6.45, 7) is 5.63. The van der Waals surface area contributed by atoms with E-state index in [-0.39, 0.29) is 24.9 Å². The summed E-state index contributed by atoms with van der Waals surface area (Å²) in [5.41, 5.74) is 8.31. The van der Waals surface area contributed by atoms with Crippen LogP contribution in [0.2, 0.25) is 0 Å². The number of para-hydroxylation sites is 1. The molecule has 1 fully saturated rings. The van der Waals surface area contributed by atoms with Gasteiger partial charge in [-0.15, -0.1) is 0 Å². The van der Waals surface area contributed by atoms with Crippen molar-refractivity contribution >= 4 is 5.69 Å². The van der Waals surface area contributed by atoms with Gasteiger partial charge in [0.05, 0.1) is 18.8 Å². The number of nitrogens with two attached hydrogens (primary N) is 1. The van der Waals surface area contributed by atoms with E-state index < -0.39 is 0 Å². The second kappa shape index (κ2) is 5.69. The molecule has 0 aliphatic carbocycles. The maximum atomic E-state index is 9.28. The van der Waals surface area contributed by atoms with Crippen molar-refractivity contribution in [2.45, 2.75) is 32.1 Å². The molecule has 18 heavy (non-hydrogen) atoms. The Morgan fingerprint density at radius 3 is 2.83 bits per heavy atom. The molecule has 0 bridgehead atoms. The first-order valence-corrected chi connectivity index (χ1v) is 6.47. The fourth-order valence-corrected chi connectivity index (χ4v) is 2.50. The van der Waals surface area contributed by atoms with Crippen molar-refractivity contribution < 1.29 is 9.84 Å². The van der Waals surface area contributed by atoms with Crippen LogP contribution in [-0.4, -0.2) is 37.0 Å². The summed E-state index contributed by atoms with van der Waals surface area (Å²) in [5, 5.41) is 9.28. The highest BCUT2D eigenvalue weighted by molar-refractivity contribution is 5.55. The van der Waals surface area contributed by atoms with E-state index in [4.69, 9.17) is 10.5 Å². The van der Waals surface area contributed by atoms with Gasteiger partial charge in [0.25, 0.3) is 0 Å². The molecular formula is C14H22N2O2. The molecule has 0 saturated carbocycles. The predicted molar refractivity (Wildman–Crippen MR) is 72.7 cm³/mol. The fraction of sp³-hybridized carbons (Fsp3) is 0.571. The SMILES string of the molecule is CC1CN(c2ccccc2[C@@H](C)N)CC(CO)O1. The van der Waals surface area contributed by atoms with E-state index in [0.29, 0.717) is 6.54 Å². The number of hydrogen-bond donors (Lipinski definition) is 2. The van der Waals surface area contributed by atoms with Gasteiger partial charge < -0.3 is 20.5 Å². The molecule has 2 unspecified atom stereocenters. The zero-order valence-electron chi connectivity index (χ0n) is 11.0. The van der Waals surface area contributed by atoms with Crippen LogP contribution >= 0.6 is 0 Å². The van der Waals surface area contributed by atoms with Crippen molar-refractivity contribution in [1.82, 2.24) is 0 Å². The van der Waals surface area contributed by atoms with E-state index in [1.807, 2.05) is 26.0 Å². The lowest BCUT2D eigenvalue weighted by molar-refractivity contribution is -0.0421. The van der Waals surface area contributed by atoms with Gasteiger partial charge in [0, 0.05) is 24.8 Å². The minimum Gasteiger partial charge on any atom is -0.394 e. The Kier molecular flexibility index (Phi) is 4.22. The number of benzene rings is 1. The van der Waals surface area contributed by atoms with Gasteiger partial charge in [-0.3, -0.25) is 0 Å². The van der Waals surface area contributed by atoms with Crippen molar-refractivity contribution in [3.63, 3.8) is 0 Å². The highest BCUT2D eigenvalue weighted by Gasteiger charge is 2.26. The minimum absolute atomic E-state index is 0.00641. The lowest BCUT2D eigenvalue weighted by atomic mass is 10.0. The number of ether oxygens (including phenoxy) is 1. The standard InChI is InChI=1S/C14H22N2O2/c1-10-7-16(8-12(9-17)18-10)14-6-4-3-5-13(14)11(2)15/h3-6,10-12,17H,7-9,15H2,1-2H3/t10?,11-,12?/m1/s1. The van der Waals surface area contributed by atoms with Gasteiger partial charge >= 0.3 is 0 Å². The van der Waals surface area contributed by atoms with Crippen LogP contribution in [0.5, 0.6) is 0 Å². The van der Waals surface area contributed by atoms with Crippen molar-refractivity contribution in [3.8, 4) is 0 Å². The third-order valence-corrected chi connectivity index (χ3v) is 3.30. The molecule has 2 rings (SSSR count). The van der Waals surface area contributed by atoms with Crippen LogP contribution in [0.4, 0.5) is 5.69 Å². The molecule has 1 aliphatic heterocycles. The highest BCUT2D eigenvalue weighted by atomic mass is 16.5. The van der Waals surface area contributed by atoms with Crippen molar-refractivity contribution in [2.24, 2.45) is 5.73 Å². The lowest BCUT2D eigenvalue weighted by Gasteiger charge is -2.38. The third kappa shape index (κ3) is 2.83. The number of hydrogen-bond acceptors (Lipinski definition) is 4. The quantitative estimate of drug-likeness (QED) is 0.849. The normalized spacial score (nSPS) is 26.1. The zero-order chi connectivity index (χ0) is 13.1. The van der Waals surface area contributed by atoms with Gasteiger partial charge in [0.1, 0.15) is 0 Å². The molecule has 3 atom stereocenters. The summed E-state index contributed by atoms with van der Waals surface area (Å²) < 4.78 is 5.66. The molecule has 0 amide bonds. The van der Waals surface area contributed by atoms with Crippen LogP contribution in [0.25, 0.3) is 0 Å². The Morgan fingerprint density at radius 2 is 2.17 bits per heavy atom. The number of anilines is 1. The summed E-state index contributed by atoms with van der Waals surface area (Å²) >= 11 is 0. The summed E-state index contributed by atoms with van der Waals surface area (Å²) in [7, 11) is 0.